The van der Waals surface area contributed by atoms with Crippen LogP contribution in [0.5, 0.6) is 0 Å². The maximum atomic E-state index is 12.8. The van der Waals surface area contributed by atoms with Gasteiger partial charge >= 0.3 is 5.69 Å². The van der Waals surface area contributed by atoms with E-state index in [0.717, 1.165) is 67.3 Å². The number of pyridine rings is 1. The van der Waals surface area contributed by atoms with Crippen molar-refractivity contribution in [2.45, 2.75) is 101 Å². The number of carbonyl (C=O) groups is 2. The Morgan fingerprint density at radius 3 is 1.88 bits per heavy atom. The van der Waals surface area contributed by atoms with Gasteiger partial charge in [-0.3, -0.25) is 19.0 Å². The number of aliphatic hydroxyl groups excluding tert-OH is 1. The Morgan fingerprint density at radius 1 is 0.793 bits per heavy atom. The highest BCUT2D eigenvalue weighted by atomic mass is 35.5. The monoisotopic (exact) mass is 835 g/mol. The molecule has 0 spiro atoms. The molecule has 2 aliphatic carbocycles. The lowest BCUT2D eigenvalue weighted by Gasteiger charge is -2.26. The second-order valence-corrected chi connectivity index (χ2v) is 16.1. The van der Waals surface area contributed by atoms with E-state index in [9.17, 15) is 29.7 Å². The van der Waals surface area contributed by atoms with Gasteiger partial charge < -0.3 is 31.7 Å². The van der Waals surface area contributed by atoms with E-state index in [0.29, 0.717) is 47.7 Å². The molecule has 0 bridgehead atoms. The van der Waals surface area contributed by atoms with Crippen molar-refractivity contribution in [1.29, 1.82) is 0 Å². The number of nitrogens with two attached hydrogens (primary N) is 1. The van der Waals surface area contributed by atoms with Crippen LogP contribution in [0.3, 0.4) is 0 Å². The van der Waals surface area contributed by atoms with Crippen molar-refractivity contribution in [1.82, 2.24) is 40.0 Å². The van der Waals surface area contributed by atoms with Gasteiger partial charge in [-0.05, 0) is 74.2 Å². The summed E-state index contributed by atoms with van der Waals surface area (Å²) in [6.45, 7) is 0.368. The largest absolute Gasteiger partial charge is 0.390 e. The number of H-pyrrole nitrogens is 1. The van der Waals surface area contributed by atoms with Gasteiger partial charge in [-0.1, -0.05) is 80.6 Å². The van der Waals surface area contributed by atoms with Crippen molar-refractivity contribution >= 4 is 40.7 Å². The topological polar surface area (TPSA) is 226 Å². The van der Waals surface area contributed by atoms with E-state index in [4.69, 9.17) is 28.9 Å². The molecule has 15 nitrogen and oxygen atoms in total. The van der Waals surface area contributed by atoms with E-state index in [2.05, 4.69) is 30.9 Å². The van der Waals surface area contributed by atoms with Gasteiger partial charge in [0, 0.05) is 37.0 Å². The summed E-state index contributed by atoms with van der Waals surface area (Å²) in [7, 11) is 0. The summed E-state index contributed by atoms with van der Waals surface area (Å²) in [5, 5.41) is 50.0. The van der Waals surface area contributed by atoms with E-state index in [1.807, 2.05) is 34.9 Å². The number of nitrogens with zero attached hydrogens (tertiary/aromatic N) is 5. The third-order valence-electron chi connectivity index (χ3n) is 10.8. The van der Waals surface area contributed by atoms with Gasteiger partial charge in [0.2, 0.25) is 0 Å². The first kappa shape index (κ1) is 43.0. The average Bonchev–Trinajstić information content (AvgIpc) is 3.64. The molecule has 3 heterocycles. The summed E-state index contributed by atoms with van der Waals surface area (Å²) >= 11 is 12.5. The molecule has 2 amide bonds. The highest BCUT2D eigenvalue weighted by molar-refractivity contribution is 6.34. The molecule has 7 rings (SSSR count). The summed E-state index contributed by atoms with van der Waals surface area (Å²) in [6, 6.07) is 15.6. The SMILES string of the molecule is NCC(O)Cn1nc(-c2ccc(Cl)c(C(=O)NCC3(O)CCCCCC3)c2)[nH]c1=O.O=C(NCC1(O)CCCCCC1)c1cc(-c2nnc3ccccn23)ccc1Cl. The van der Waals surface area contributed by atoms with Crippen molar-refractivity contribution in [3.05, 3.63) is 92.5 Å². The predicted molar refractivity (Wildman–Crippen MR) is 222 cm³/mol. The third kappa shape index (κ3) is 10.9. The van der Waals surface area contributed by atoms with E-state index < -0.39 is 28.9 Å². The van der Waals surface area contributed by atoms with Crippen LogP contribution in [-0.2, 0) is 6.54 Å². The van der Waals surface area contributed by atoms with Crippen LogP contribution in [0.25, 0.3) is 28.4 Å². The fraction of sp³-hybridized carbons (Fsp3) is 0.463. The Balaban J connectivity index is 0.000000196. The number of fused-ring (bicyclic) bond motifs is 1. The molecule has 310 valence electrons. The molecule has 0 aliphatic heterocycles. The number of aliphatic hydroxyl groups is 3. The predicted octanol–water partition coefficient (Wildman–Crippen LogP) is 4.89. The Kier molecular flexibility index (Phi) is 14.4. The molecule has 3 aromatic heterocycles. The second kappa shape index (κ2) is 19.4. The summed E-state index contributed by atoms with van der Waals surface area (Å²) in [6.07, 6.45) is 12.1. The van der Waals surface area contributed by atoms with Crippen LogP contribution in [0, 0.1) is 0 Å². The van der Waals surface area contributed by atoms with Gasteiger partial charge in [0.1, 0.15) is 0 Å². The van der Waals surface area contributed by atoms with Crippen molar-refractivity contribution in [3.8, 4) is 22.8 Å². The molecule has 2 saturated carbocycles. The number of aromatic amines is 1. The first-order valence-corrected chi connectivity index (χ1v) is 20.6. The standard InChI is InChI=1S/C21H23ClN4O2.C20H28ClN5O4/c22-17-9-8-15(19-25-24-18-7-3-6-12-26(18)19)13-16(17)20(27)23-14-21(28)10-4-1-2-5-11-21;21-16-6-5-13(17-24-19(29)26(25-17)11-14(27)10-22)9-15(16)18(28)23-12-20(30)7-3-1-2-4-8-20/h3,6-9,12-13,28H,1-2,4-5,10-11,14H2,(H,23,27);5-6,9,14,27,30H,1-4,7-8,10-12,22H2,(H,23,28)(H,24,25,29). The number of carbonyl (C=O) groups excluding carboxylic acids is 2. The molecule has 0 saturated heterocycles. The summed E-state index contributed by atoms with van der Waals surface area (Å²) < 4.78 is 2.95. The summed E-state index contributed by atoms with van der Waals surface area (Å²) in [4.78, 5) is 40.2. The van der Waals surface area contributed by atoms with E-state index >= 15 is 0 Å². The minimum atomic E-state index is -0.899. The fourth-order valence-electron chi connectivity index (χ4n) is 7.41. The molecule has 1 atom stereocenters. The zero-order valence-electron chi connectivity index (χ0n) is 32.3. The van der Waals surface area contributed by atoms with Crippen LogP contribution in [0.15, 0.2) is 65.6 Å². The Labute approximate surface area is 346 Å². The molecule has 2 fully saturated rings. The van der Waals surface area contributed by atoms with Gasteiger partial charge in [-0.2, -0.15) is 0 Å². The van der Waals surface area contributed by atoms with Crippen molar-refractivity contribution in [2.75, 3.05) is 19.6 Å². The lowest BCUT2D eigenvalue weighted by Crippen LogP contribution is -2.42. The van der Waals surface area contributed by atoms with Crippen LogP contribution in [-0.4, -0.2) is 93.4 Å². The number of benzene rings is 2. The number of hydrogen-bond donors (Lipinski definition) is 7. The Hall–Kier alpha value is -4.64. The molecule has 2 aliphatic rings. The molecule has 5 aromatic rings. The first-order valence-electron chi connectivity index (χ1n) is 19.8. The van der Waals surface area contributed by atoms with Crippen LogP contribution in [0.2, 0.25) is 10.0 Å². The quantitative estimate of drug-likeness (QED) is 0.0892. The third-order valence-corrected chi connectivity index (χ3v) is 11.5. The minimum Gasteiger partial charge on any atom is -0.390 e. The van der Waals surface area contributed by atoms with E-state index in [1.165, 1.54) is 6.07 Å². The fourth-order valence-corrected chi connectivity index (χ4v) is 7.82. The van der Waals surface area contributed by atoms with Gasteiger partial charge in [0.25, 0.3) is 11.8 Å². The van der Waals surface area contributed by atoms with Crippen LogP contribution in [0.1, 0.15) is 97.8 Å². The van der Waals surface area contributed by atoms with Gasteiger partial charge in [0.15, 0.2) is 17.3 Å². The molecule has 8 N–H and O–H groups in total. The van der Waals surface area contributed by atoms with Gasteiger partial charge in [-0.15, -0.1) is 15.3 Å². The van der Waals surface area contributed by atoms with Crippen LogP contribution >= 0.6 is 23.2 Å². The molecular formula is C41H51Cl2N9O6. The van der Waals surface area contributed by atoms with E-state index in [1.54, 1.807) is 24.3 Å². The number of rotatable bonds is 11. The second-order valence-electron chi connectivity index (χ2n) is 15.3. The molecule has 17 heteroatoms. The summed E-state index contributed by atoms with van der Waals surface area (Å²) in [5.41, 5.74) is 5.72. The lowest BCUT2D eigenvalue weighted by molar-refractivity contribution is 0.0245. The Morgan fingerprint density at radius 2 is 1.33 bits per heavy atom. The van der Waals surface area contributed by atoms with Gasteiger partial charge in [-0.25, -0.2) is 9.48 Å². The highest BCUT2D eigenvalue weighted by Gasteiger charge is 2.30. The first-order chi connectivity index (χ1) is 27.9. The zero-order chi connectivity index (χ0) is 41.3. The Bertz CT molecular complexity index is 2240. The van der Waals surface area contributed by atoms with Crippen LogP contribution in [0.4, 0.5) is 0 Å². The minimum absolute atomic E-state index is 0.00620. The average molecular weight is 837 g/mol. The van der Waals surface area contributed by atoms with E-state index in [-0.39, 0.29) is 48.5 Å². The number of halogens is 2. The molecule has 0 radical (unpaired) electrons. The maximum absolute atomic E-state index is 12.8. The number of amides is 2. The normalized spacial score (nSPS) is 17.0. The molecular weight excluding hydrogens is 785 g/mol. The van der Waals surface area contributed by atoms with Gasteiger partial charge in [0.05, 0.1) is 45.0 Å². The number of nitrogens with one attached hydrogen (secondary N) is 3. The van der Waals surface area contributed by atoms with Crippen LogP contribution < -0.4 is 22.1 Å². The highest BCUT2D eigenvalue weighted by Crippen LogP contribution is 2.29. The molecule has 58 heavy (non-hydrogen) atoms. The zero-order valence-corrected chi connectivity index (χ0v) is 33.8. The van der Waals surface area contributed by atoms with Crippen molar-refractivity contribution in [3.63, 3.8) is 0 Å². The number of hydrogen-bond acceptors (Lipinski definition) is 10. The molecule has 1 unspecified atom stereocenters. The lowest BCUT2D eigenvalue weighted by atomic mass is 9.94. The van der Waals surface area contributed by atoms with Crippen molar-refractivity contribution in [2.24, 2.45) is 5.73 Å². The molecule has 2 aromatic carbocycles. The maximum Gasteiger partial charge on any atom is 0.343 e. The summed E-state index contributed by atoms with van der Waals surface area (Å²) in [5.74, 6) is 0.194. The van der Waals surface area contributed by atoms with Crippen molar-refractivity contribution < 1.29 is 24.9 Å². The smallest absolute Gasteiger partial charge is 0.343 e. The number of aromatic nitrogens is 6.